The number of amides is 3. The van der Waals surface area contributed by atoms with Gasteiger partial charge in [-0.2, -0.15) is 5.10 Å². The highest BCUT2D eigenvalue weighted by atomic mass is 79.9. The molecule has 2 aliphatic heterocycles. The molecule has 6 rings (SSSR count). The molecule has 2 fully saturated rings. The van der Waals surface area contributed by atoms with E-state index in [0.29, 0.717) is 39.1 Å². The van der Waals surface area contributed by atoms with E-state index >= 15 is 0 Å². The van der Waals surface area contributed by atoms with Crippen LogP contribution in [0.4, 0.5) is 16.3 Å². The van der Waals surface area contributed by atoms with Crippen LogP contribution in [0.2, 0.25) is 0 Å². The minimum atomic E-state index is -0.889. The van der Waals surface area contributed by atoms with Gasteiger partial charge in [-0.25, -0.2) is 9.78 Å². The van der Waals surface area contributed by atoms with E-state index in [1.165, 1.54) is 0 Å². The highest BCUT2D eigenvalue weighted by Gasteiger charge is 2.64. The maximum Gasteiger partial charge on any atom is 0.411 e. The highest BCUT2D eigenvalue weighted by Crippen LogP contribution is 2.59. The number of rotatable bonds is 5. The maximum atomic E-state index is 13.8. The first-order chi connectivity index (χ1) is 18.0. The number of pyridine rings is 1. The second-order valence-corrected chi connectivity index (χ2v) is 11.4. The Labute approximate surface area is 226 Å². The molecule has 12 heteroatoms. The topological polar surface area (TPSA) is 139 Å². The van der Waals surface area contributed by atoms with Gasteiger partial charge in [-0.3, -0.25) is 19.6 Å². The summed E-state index contributed by atoms with van der Waals surface area (Å²) < 4.78 is 7.26. The lowest BCUT2D eigenvalue weighted by Gasteiger charge is -2.27. The van der Waals surface area contributed by atoms with E-state index in [1.807, 2.05) is 19.1 Å². The van der Waals surface area contributed by atoms with Crippen molar-refractivity contribution in [2.24, 2.45) is 5.41 Å². The molecule has 1 saturated carbocycles. The molecular formula is C26H27BrN6O5. The standard InChI is InChI=1S/C26H27BrN6O5/c1-12-4-5-20(27)29-23(12)30-24(36)18-8-26(3)9-19(26)33(18)21(35)10-32-17-6-14-11-38-25(37)28-16(14)7-15(17)22(31-32)13(2)34/h4-7,13,18-19,34H,8-11H2,1-3H3,(H,28,37)(H,29,30,36)/t13?,18-,19?,26-/m0/s1. The van der Waals surface area contributed by atoms with Crippen molar-refractivity contribution >= 4 is 56.2 Å². The molecule has 1 aliphatic carbocycles. The summed E-state index contributed by atoms with van der Waals surface area (Å²) >= 11 is 3.34. The third-order valence-electron chi connectivity index (χ3n) is 7.81. The summed E-state index contributed by atoms with van der Waals surface area (Å²) in [5, 5.41) is 21.1. The second kappa shape index (κ2) is 8.77. The first-order valence-electron chi connectivity index (χ1n) is 12.4. The number of anilines is 2. The van der Waals surface area contributed by atoms with Crippen molar-refractivity contribution in [1.29, 1.82) is 0 Å². The molecule has 4 heterocycles. The molecule has 198 valence electrons. The Morgan fingerprint density at radius 1 is 1.34 bits per heavy atom. The first-order valence-corrected chi connectivity index (χ1v) is 13.2. The van der Waals surface area contributed by atoms with Gasteiger partial charge >= 0.3 is 6.09 Å². The van der Waals surface area contributed by atoms with Gasteiger partial charge < -0.3 is 20.1 Å². The number of nitrogens with one attached hydrogen (secondary N) is 2. The number of carbonyl (C=O) groups is 3. The minimum absolute atomic E-state index is 0.0169. The molecule has 0 radical (unpaired) electrons. The lowest BCUT2D eigenvalue weighted by Crippen LogP contribution is -2.47. The number of aromatic nitrogens is 3. The number of hydrogen-bond donors (Lipinski definition) is 3. The van der Waals surface area contributed by atoms with E-state index in [0.717, 1.165) is 17.5 Å². The summed E-state index contributed by atoms with van der Waals surface area (Å²) in [6.07, 6.45) is -0.0106. The molecule has 3 aromatic rings. The van der Waals surface area contributed by atoms with E-state index in [4.69, 9.17) is 4.74 Å². The van der Waals surface area contributed by atoms with Gasteiger partial charge in [0, 0.05) is 17.0 Å². The van der Waals surface area contributed by atoms with Crippen molar-refractivity contribution in [2.45, 2.75) is 65.0 Å². The summed E-state index contributed by atoms with van der Waals surface area (Å²) in [6, 6.07) is 6.59. The van der Waals surface area contributed by atoms with Crippen LogP contribution in [0.25, 0.3) is 10.9 Å². The lowest BCUT2D eigenvalue weighted by atomic mass is 10.0. The average molecular weight is 583 g/mol. The van der Waals surface area contributed by atoms with Crippen LogP contribution >= 0.6 is 15.9 Å². The molecular weight excluding hydrogens is 556 g/mol. The van der Waals surface area contributed by atoms with Gasteiger partial charge in [-0.05, 0) is 71.8 Å². The number of fused-ring (bicyclic) bond motifs is 3. The summed E-state index contributed by atoms with van der Waals surface area (Å²) in [4.78, 5) is 44.9. The zero-order chi connectivity index (χ0) is 26.9. The molecule has 2 aromatic heterocycles. The largest absolute Gasteiger partial charge is 0.444 e. The van der Waals surface area contributed by atoms with Gasteiger partial charge in [0.25, 0.3) is 0 Å². The number of hydrogen-bond acceptors (Lipinski definition) is 7. The number of piperidine rings is 1. The van der Waals surface area contributed by atoms with Crippen molar-refractivity contribution in [3.05, 3.63) is 45.7 Å². The van der Waals surface area contributed by atoms with Crippen molar-refractivity contribution in [2.75, 3.05) is 10.6 Å². The third kappa shape index (κ3) is 4.11. The number of likely N-dealkylation sites (tertiary alicyclic amines) is 1. The van der Waals surface area contributed by atoms with E-state index in [2.05, 4.69) is 43.6 Å². The van der Waals surface area contributed by atoms with Crippen LogP contribution in [-0.4, -0.2) is 54.8 Å². The van der Waals surface area contributed by atoms with Gasteiger partial charge in [0.2, 0.25) is 11.8 Å². The zero-order valence-corrected chi connectivity index (χ0v) is 22.7. The van der Waals surface area contributed by atoms with Crippen molar-refractivity contribution in [1.82, 2.24) is 19.7 Å². The Bertz CT molecular complexity index is 1520. The van der Waals surface area contributed by atoms with Crippen molar-refractivity contribution in [3.8, 4) is 0 Å². The smallest absolute Gasteiger partial charge is 0.411 e. The maximum absolute atomic E-state index is 13.8. The Kier molecular flexibility index (Phi) is 5.72. The van der Waals surface area contributed by atoms with E-state index in [1.54, 1.807) is 28.6 Å². The molecule has 0 spiro atoms. The van der Waals surface area contributed by atoms with Crippen LogP contribution in [0, 0.1) is 12.3 Å². The molecule has 4 atom stereocenters. The molecule has 2 unspecified atom stereocenters. The van der Waals surface area contributed by atoms with E-state index in [9.17, 15) is 19.5 Å². The number of aliphatic hydroxyl groups is 1. The number of carbonyl (C=O) groups excluding carboxylic acids is 3. The van der Waals surface area contributed by atoms with Gasteiger partial charge in [-0.1, -0.05) is 13.0 Å². The number of halogens is 1. The van der Waals surface area contributed by atoms with Crippen LogP contribution in [0.3, 0.4) is 0 Å². The number of benzene rings is 1. The normalized spacial score (nSPS) is 24.3. The lowest BCUT2D eigenvalue weighted by molar-refractivity contribution is -0.138. The Balaban J connectivity index is 1.30. The molecule has 3 aliphatic rings. The predicted molar refractivity (Wildman–Crippen MR) is 141 cm³/mol. The Hall–Kier alpha value is -3.51. The van der Waals surface area contributed by atoms with Crippen LogP contribution in [0.15, 0.2) is 28.9 Å². The number of cyclic esters (lactones) is 1. The number of ether oxygens (including phenoxy) is 1. The fourth-order valence-electron chi connectivity index (χ4n) is 5.64. The summed E-state index contributed by atoms with van der Waals surface area (Å²) in [7, 11) is 0. The van der Waals surface area contributed by atoms with Crippen molar-refractivity contribution < 1.29 is 24.2 Å². The average Bonchev–Trinajstić information content (AvgIpc) is 3.23. The fourth-order valence-corrected chi connectivity index (χ4v) is 5.95. The number of nitrogens with zero attached hydrogens (tertiary/aromatic N) is 4. The van der Waals surface area contributed by atoms with Crippen LogP contribution in [0.5, 0.6) is 0 Å². The zero-order valence-electron chi connectivity index (χ0n) is 21.1. The van der Waals surface area contributed by atoms with Gasteiger partial charge in [0.1, 0.15) is 29.6 Å². The van der Waals surface area contributed by atoms with Gasteiger partial charge in [-0.15, -0.1) is 0 Å². The molecule has 0 bridgehead atoms. The van der Waals surface area contributed by atoms with Crippen molar-refractivity contribution in [3.63, 3.8) is 0 Å². The first kappa shape index (κ1) is 24.8. The summed E-state index contributed by atoms with van der Waals surface area (Å²) in [6.45, 7) is 5.56. The molecule has 3 N–H and O–H groups in total. The number of aliphatic hydroxyl groups excluding tert-OH is 1. The molecule has 3 amide bonds. The minimum Gasteiger partial charge on any atom is -0.444 e. The molecule has 11 nitrogen and oxygen atoms in total. The Morgan fingerprint density at radius 3 is 2.89 bits per heavy atom. The molecule has 1 saturated heterocycles. The summed E-state index contributed by atoms with van der Waals surface area (Å²) in [5.41, 5.74) is 3.10. The number of aryl methyl sites for hydroxylation is 1. The quantitative estimate of drug-likeness (QED) is 0.390. The van der Waals surface area contributed by atoms with Crippen LogP contribution < -0.4 is 10.6 Å². The third-order valence-corrected chi connectivity index (χ3v) is 8.25. The van der Waals surface area contributed by atoms with Crippen LogP contribution in [-0.2, 0) is 27.5 Å². The van der Waals surface area contributed by atoms with E-state index in [-0.39, 0.29) is 36.4 Å². The highest BCUT2D eigenvalue weighted by molar-refractivity contribution is 9.10. The van der Waals surface area contributed by atoms with E-state index < -0.39 is 18.2 Å². The summed E-state index contributed by atoms with van der Waals surface area (Å²) in [5.74, 6) is -0.0298. The predicted octanol–water partition coefficient (Wildman–Crippen LogP) is 3.64. The Morgan fingerprint density at radius 2 is 2.13 bits per heavy atom. The van der Waals surface area contributed by atoms with Gasteiger partial charge in [0.05, 0.1) is 23.0 Å². The SMILES string of the molecule is Cc1ccc(Br)nc1NC(=O)[C@@H]1C[C@@]2(C)CC2N1C(=O)Cn1nc(C(C)O)c2cc3c(cc21)COC(=O)N3. The molecule has 38 heavy (non-hydrogen) atoms. The van der Waals surface area contributed by atoms with Gasteiger partial charge in [0.15, 0.2) is 0 Å². The fraction of sp³-hybridized carbons (Fsp3) is 0.423. The second-order valence-electron chi connectivity index (χ2n) is 10.6. The van der Waals surface area contributed by atoms with Crippen LogP contribution in [0.1, 0.15) is 49.6 Å². The monoisotopic (exact) mass is 582 g/mol. The molecule has 1 aromatic carbocycles.